The van der Waals surface area contributed by atoms with E-state index in [0.29, 0.717) is 6.61 Å². The number of benzene rings is 1. The second kappa shape index (κ2) is 6.41. The molecule has 0 saturated heterocycles. The van der Waals surface area contributed by atoms with Gasteiger partial charge in [0.2, 0.25) is 0 Å². The van der Waals surface area contributed by atoms with Gasteiger partial charge in [0.05, 0.1) is 6.61 Å². The molecule has 0 heterocycles. The number of rotatable bonds is 6. The Morgan fingerprint density at radius 2 is 1.67 bits per heavy atom. The van der Waals surface area contributed by atoms with Gasteiger partial charge in [-0.2, -0.15) is 0 Å². The minimum atomic E-state index is 0.131. The molecule has 0 aliphatic heterocycles. The summed E-state index contributed by atoms with van der Waals surface area (Å²) in [4.78, 5) is 0. The normalized spacial score (nSPS) is 12.0. The highest BCUT2D eigenvalue weighted by molar-refractivity contribution is 5.70. The summed E-state index contributed by atoms with van der Waals surface area (Å²) in [5.41, 5.74) is 4.11. The highest BCUT2D eigenvalue weighted by Gasteiger charge is 2.06. The Balaban J connectivity index is 2.96. The third-order valence-corrected chi connectivity index (χ3v) is 2.74. The van der Waals surface area contributed by atoms with Gasteiger partial charge in [0.25, 0.3) is 0 Å². The smallest absolute Gasteiger partial charge is 0.120 e. The van der Waals surface area contributed by atoms with Gasteiger partial charge in [0, 0.05) is 12.5 Å². The molecule has 0 aliphatic carbocycles. The Hall–Kier alpha value is -1.54. The molecule has 0 spiro atoms. The topological polar surface area (TPSA) is 29.5 Å². The maximum Gasteiger partial charge on any atom is 0.120 e. The number of allylic oxidation sites excluding steroid dienone is 2. The van der Waals surface area contributed by atoms with Gasteiger partial charge in [-0.1, -0.05) is 31.2 Å². The first kappa shape index (κ1) is 14.5. The molecule has 0 radical (unpaired) electrons. The zero-order chi connectivity index (χ0) is 13.7. The molecule has 0 saturated carbocycles. The fourth-order valence-electron chi connectivity index (χ4n) is 1.47. The monoisotopic (exact) mass is 246 g/mol. The second-order valence-electron chi connectivity index (χ2n) is 4.91. The maximum absolute atomic E-state index is 8.99. The van der Waals surface area contributed by atoms with Crippen molar-refractivity contribution in [2.75, 3.05) is 13.2 Å². The summed E-state index contributed by atoms with van der Waals surface area (Å²) in [5, 5.41) is 8.99. The van der Waals surface area contributed by atoms with Gasteiger partial charge in [0.15, 0.2) is 0 Å². The third-order valence-electron chi connectivity index (χ3n) is 2.74. The molecular formula is C16H22O2. The maximum atomic E-state index is 8.99. The Labute approximate surface area is 110 Å². The van der Waals surface area contributed by atoms with Crippen molar-refractivity contribution >= 4 is 11.1 Å². The highest BCUT2D eigenvalue weighted by Crippen LogP contribution is 2.25. The van der Waals surface area contributed by atoms with Crippen LogP contribution >= 0.6 is 0 Å². The van der Waals surface area contributed by atoms with Crippen molar-refractivity contribution < 1.29 is 9.84 Å². The number of ether oxygens (including phenoxy) is 1. The number of aliphatic hydroxyl groups excluding tert-OH is 1. The van der Waals surface area contributed by atoms with E-state index in [1.54, 1.807) is 0 Å². The molecule has 0 aliphatic rings. The van der Waals surface area contributed by atoms with Crippen molar-refractivity contribution in [2.24, 2.45) is 5.92 Å². The van der Waals surface area contributed by atoms with Crippen molar-refractivity contribution in [3.05, 3.63) is 42.5 Å². The van der Waals surface area contributed by atoms with Crippen LogP contribution in [-0.2, 0) is 0 Å². The van der Waals surface area contributed by atoms with Crippen LogP contribution in [0.3, 0.4) is 0 Å². The van der Waals surface area contributed by atoms with E-state index in [2.05, 4.69) is 19.2 Å². The van der Waals surface area contributed by atoms with E-state index >= 15 is 0 Å². The Morgan fingerprint density at radius 3 is 2.06 bits per heavy atom. The average Bonchev–Trinajstić information content (AvgIpc) is 2.35. The molecule has 1 N–H and O–H groups in total. The first-order valence-electron chi connectivity index (χ1n) is 6.14. The van der Waals surface area contributed by atoms with Crippen molar-refractivity contribution in [3.63, 3.8) is 0 Å². The van der Waals surface area contributed by atoms with E-state index in [1.807, 2.05) is 32.9 Å². The Morgan fingerprint density at radius 1 is 1.17 bits per heavy atom. The molecule has 0 aromatic heterocycles. The molecule has 0 fully saturated rings. The first-order chi connectivity index (χ1) is 8.43. The summed E-state index contributed by atoms with van der Waals surface area (Å²) in [6.07, 6.45) is 0. The highest BCUT2D eigenvalue weighted by atomic mass is 16.5. The average molecular weight is 246 g/mol. The summed E-state index contributed by atoms with van der Waals surface area (Å²) in [6.45, 7) is 14.4. The third kappa shape index (κ3) is 4.04. The zero-order valence-electron chi connectivity index (χ0n) is 11.5. The van der Waals surface area contributed by atoms with Gasteiger partial charge in [-0.15, -0.1) is 0 Å². The van der Waals surface area contributed by atoms with Gasteiger partial charge in [-0.3, -0.25) is 0 Å². The predicted octanol–water partition coefficient (Wildman–Crippen LogP) is 3.76. The van der Waals surface area contributed by atoms with Crippen LogP contribution in [0.25, 0.3) is 11.1 Å². The predicted molar refractivity (Wildman–Crippen MR) is 77.6 cm³/mol. The lowest BCUT2D eigenvalue weighted by Gasteiger charge is -2.13. The SMILES string of the molecule is C=C(C)c1cc(OC[C@H](C)CO)cc(C(=C)C)c1. The molecular weight excluding hydrogens is 224 g/mol. The summed E-state index contributed by atoms with van der Waals surface area (Å²) in [6, 6.07) is 6.00. The molecule has 1 atom stereocenters. The largest absolute Gasteiger partial charge is 0.493 e. The van der Waals surface area contributed by atoms with Crippen molar-refractivity contribution in [2.45, 2.75) is 20.8 Å². The van der Waals surface area contributed by atoms with E-state index < -0.39 is 0 Å². The van der Waals surface area contributed by atoms with Crippen molar-refractivity contribution in [3.8, 4) is 5.75 Å². The molecule has 1 aromatic rings. The standard InChI is InChI=1S/C16H22O2/c1-11(2)14-6-15(12(3)4)8-16(7-14)18-10-13(5)9-17/h6-8,13,17H,1,3,9-10H2,2,4-5H3/t13-/m1/s1. The van der Waals surface area contributed by atoms with Gasteiger partial charge in [-0.25, -0.2) is 0 Å². The lowest BCUT2D eigenvalue weighted by atomic mass is 10.0. The summed E-state index contributed by atoms with van der Waals surface area (Å²) < 4.78 is 5.70. The van der Waals surface area contributed by atoms with Crippen LogP contribution in [0.1, 0.15) is 31.9 Å². The molecule has 0 bridgehead atoms. The molecule has 1 rings (SSSR count). The van der Waals surface area contributed by atoms with Crippen LogP contribution in [0, 0.1) is 5.92 Å². The van der Waals surface area contributed by atoms with Crippen LogP contribution < -0.4 is 4.74 Å². The second-order valence-corrected chi connectivity index (χ2v) is 4.91. The molecule has 2 nitrogen and oxygen atoms in total. The van der Waals surface area contributed by atoms with Crippen LogP contribution in [0.4, 0.5) is 0 Å². The first-order valence-corrected chi connectivity index (χ1v) is 6.14. The molecule has 0 unspecified atom stereocenters. The van der Waals surface area contributed by atoms with E-state index in [1.165, 1.54) is 0 Å². The fourth-order valence-corrected chi connectivity index (χ4v) is 1.47. The fraction of sp³-hybridized carbons (Fsp3) is 0.375. The molecule has 0 amide bonds. The van der Waals surface area contributed by atoms with Crippen molar-refractivity contribution in [1.29, 1.82) is 0 Å². The summed E-state index contributed by atoms with van der Waals surface area (Å²) >= 11 is 0. The van der Waals surface area contributed by atoms with Gasteiger partial charge in [0.1, 0.15) is 5.75 Å². The minimum Gasteiger partial charge on any atom is -0.493 e. The number of hydrogen-bond donors (Lipinski definition) is 1. The molecule has 2 heteroatoms. The van der Waals surface area contributed by atoms with Gasteiger partial charge >= 0.3 is 0 Å². The molecule has 1 aromatic carbocycles. The number of hydrogen-bond acceptors (Lipinski definition) is 2. The lowest BCUT2D eigenvalue weighted by Crippen LogP contribution is -2.12. The van der Waals surface area contributed by atoms with Crippen molar-refractivity contribution in [1.82, 2.24) is 0 Å². The van der Waals surface area contributed by atoms with Gasteiger partial charge in [-0.05, 0) is 43.2 Å². The summed E-state index contributed by atoms with van der Waals surface area (Å²) in [5.74, 6) is 0.931. The van der Waals surface area contributed by atoms with Gasteiger partial charge < -0.3 is 9.84 Å². The quantitative estimate of drug-likeness (QED) is 0.828. The lowest BCUT2D eigenvalue weighted by molar-refractivity contribution is 0.174. The zero-order valence-corrected chi connectivity index (χ0v) is 11.5. The Kier molecular flexibility index (Phi) is 5.17. The van der Waals surface area contributed by atoms with Crippen LogP contribution in [0.2, 0.25) is 0 Å². The minimum absolute atomic E-state index is 0.131. The van der Waals surface area contributed by atoms with E-state index in [9.17, 15) is 0 Å². The van der Waals surface area contributed by atoms with E-state index in [4.69, 9.17) is 9.84 Å². The van der Waals surface area contributed by atoms with Crippen LogP contribution in [0.15, 0.2) is 31.4 Å². The van der Waals surface area contributed by atoms with Crippen LogP contribution in [-0.4, -0.2) is 18.3 Å². The van der Waals surface area contributed by atoms with E-state index in [-0.39, 0.29) is 12.5 Å². The van der Waals surface area contributed by atoms with Crippen LogP contribution in [0.5, 0.6) is 5.75 Å². The Bertz CT molecular complexity index is 414. The van der Waals surface area contributed by atoms with E-state index in [0.717, 1.165) is 28.0 Å². The summed E-state index contributed by atoms with van der Waals surface area (Å²) in [7, 11) is 0. The molecule has 98 valence electrons. The molecule has 18 heavy (non-hydrogen) atoms. The number of aliphatic hydroxyl groups is 1.